The van der Waals surface area contributed by atoms with E-state index < -0.39 is 9.84 Å². The molecule has 1 aliphatic rings. The van der Waals surface area contributed by atoms with E-state index in [0.717, 1.165) is 18.5 Å². The van der Waals surface area contributed by atoms with Crippen molar-refractivity contribution in [2.24, 2.45) is 0 Å². The molecule has 0 radical (unpaired) electrons. The summed E-state index contributed by atoms with van der Waals surface area (Å²) >= 11 is 0. The third-order valence-corrected chi connectivity index (χ3v) is 4.63. The summed E-state index contributed by atoms with van der Waals surface area (Å²) in [6, 6.07) is -0.0342. The summed E-state index contributed by atoms with van der Waals surface area (Å²) in [6.45, 7) is 0.649. The highest BCUT2D eigenvalue weighted by atomic mass is 32.2. The molecule has 1 fully saturated rings. The smallest absolute Gasteiger partial charge is 0.152 e. The van der Waals surface area contributed by atoms with E-state index in [1.165, 1.54) is 6.26 Å². The average molecular weight is 244 g/mol. The van der Waals surface area contributed by atoms with Gasteiger partial charge < -0.3 is 5.32 Å². The first kappa shape index (κ1) is 11.5. The van der Waals surface area contributed by atoms with Crippen LogP contribution in [0.4, 0.5) is 0 Å². The van der Waals surface area contributed by atoms with Crippen molar-refractivity contribution in [3.8, 4) is 0 Å². The average Bonchev–Trinajstić information content (AvgIpc) is 2.48. The molecule has 1 heterocycles. The minimum absolute atomic E-state index is 0.0342. The Bertz CT molecular complexity index is 468. The van der Waals surface area contributed by atoms with Crippen LogP contribution >= 0.6 is 0 Å². The lowest BCUT2D eigenvalue weighted by atomic mass is 9.92. The molecule has 0 aromatic carbocycles. The van der Waals surface area contributed by atoms with Crippen molar-refractivity contribution in [1.82, 2.24) is 20.3 Å². The van der Waals surface area contributed by atoms with Gasteiger partial charge in [-0.2, -0.15) is 0 Å². The Balaban J connectivity index is 2.13. The second-order valence-corrected chi connectivity index (χ2v) is 6.50. The topological polar surface area (TPSA) is 76.9 Å². The molecule has 1 aliphatic carbocycles. The van der Waals surface area contributed by atoms with Crippen LogP contribution in [0, 0.1) is 0 Å². The zero-order chi connectivity index (χ0) is 11.8. The molecular formula is C9H16N4O2S. The van der Waals surface area contributed by atoms with E-state index in [2.05, 4.69) is 15.6 Å². The molecule has 1 aromatic heterocycles. The summed E-state index contributed by atoms with van der Waals surface area (Å²) in [7, 11) is -1.14. The van der Waals surface area contributed by atoms with Crippen LogP contribution in [-0.4, -0.2) is 42.0 Å². The minimum Gasteiger partial charge on any atom is -0.314 e. The van der Waals surface area contributed by atoms with Gasteiger partial charge in [0, 0.05) is 12.8 Å². The van der Waals surface area contributed by atoms with E-state index in [0.29, 0.717) is 6.54 Å². The van der Waals surface area contributed by atoms with Crippen LogP contribution in [0.2, 0.25) is 0 Å². The molecule has 2 atom stereocenters. The quantitative estimate of drug-likeness (QED) is 0.790. The monoisotopic (exact) mass is 244 g/mol. The van der Waals surface area contributed by atoms with Crippen molar-refractivity contribution in [2.45, 2.75) is 30.7 Å². The maximum absolute atomic E-state index is 11.5. The van der Waals surface area contributed by atoms with E-state index in [4.69, 9.17) is 0 Å². The molecule has 0 amide bonds. The second kappa shape index (κ2) is 4.14. The molecule has 0 aliphatic heterocycles. The fraction of sp³-hybridized carbons (Fsp3) is 0.778. The Morgan fingerprint density at radius 2 is 2.31 bits per heavy atom. The maximum Gasteiger partial charge on any atom is 0.152 e. The molecule has 6 nitrogen and oxygen atoms in total. The highest BCUT2D eigenvalue weighted by molar-refractivity contribution is 7.91. The van der Waals surface area contributed by atoms with E-state index in [-0.39, 0.29) is 11.3 Å². The Morgan fingerprint density at radius 1 is 1.56 bits per heavy atom. The van der Waals surface area contributed by atoms with Crippen LogP contribution in [0.1, 0.15) is 24.6 Å². The molecule has 0 bridgehead atoms. The van der Waals surface area contributed by atoms with Crippen molar-refractivity contribution >= 4 is 9.84 Å². The predicted molar refractivity (Wildman–Crippen MR) is 59.7 cm³/mol. The molecule has 7 heteroatoms. The van der Waals surface area contributed by atoms with Crippen LogP contribution < -0.4 is 5.32 Å². The highest BCUT2D eigenvalue weighted by Gasteiger charge is 2.40. The SMILES string of the molecule is CNCc1cn(C2CCC2S(C)(=O)=O)nn1. The summed E-state index contributed by atoms with van der Waals surface area (Å²) < 4.78 is 24.6. The van der Waals surface area contributed by atoms with Gasteiger partial charge in [0.2, 0.25) is 0 Å². The van der Waals surface area contributed by atoms with Crippen LogP contribution in [0.25, 0.3) is 0 Å². The van der Waals surface area contributed by atoms with Crippen molar-refractivity contribution in [2.75, 3.05) is 13.3 Å². The van der Waals surface area contributed by atoms with Gasteiger partial charge in [-0.25, -0.2) is 13.1 Å². The van der Waals surface area contributed by atoms with Gasteiger partial charge >= 0.3 is 0 Å². The Morgan fingerprint density at radius 3 is 2.81 bits per heavy atom. The number of aromatic nitrogens is 3. The van der Waals surface area contributed by atoms with Crippen LogP contribution in [0.5, 0.6) is 0 Å². The Labute approximate surface area is 95.0 Å². The van der Waals surface area contributed by atoms with Crippen LogP contribution in [-0.2, 0) is 16.4 Å². The highest BCUT2D eigenvalue weighted by Crippen LogP contribution is 2.36. The van der Waals surface area contributed by atoms with Crippen LogP contribution in [0.3, 0.4) is 0 Å². The van der Waals surface area contributed by atoms with Gasteiger partial charge in [-0.05, 0) is 19.9 Å². The normalized spacial score (nSPS) is 25.4. The van der Waals surface area contributed by atoms with E-state index in [1.807, 2.05) is 13.2 Å². The molecular weight excluding hydrogens is 228 g/mol. The lowest BCUT2D eigenvalue weighted by molar-refractivity contribution is 0.286. The number of nitrogens with one attached hydrogen (secondary N) is 1. The molecule has 1 saturated carbocycles. The maximum atomic E-state index is 11.5. The first-order chi connectivity index (χ1) is 7.52. The standard InChI is InChI=1S/C9H16N4O2S/c1-10-5-7-6-13(12-11-7)8-3-4-9(8)16(2,14)15/h6,8-10H,3-5H2,1-2H3. The number of nitrogens with zero attached hydrogens (tertiary/aromatic N) is 3. The molecule has 90 valence electrons. The van der Waals surface area contributed by atoms with Gasteiger partial charge in [-0.1, -0.05) is 5.21 Å². The van der Waals surface area contributed by atoms with E-state index in [1.54, 1.807) is 4.68 Å². The number of hydrogen-bond donors (Lipinski definition) is 1. The van der Waals surface area contributed by atoms with Crippen molar-refractivity contribution in [3.63, 3.8) is 0 Å². The van der Waals surface area contributed by atoms with Gasteiger partial charge in [0.1, 0.15) is 0 Å². The molecule has 1 aromatic rings. The number of rotatable bonds is 4. The van der Waals surface area contributed by atoms with Gasteiger partial charge in [-0.15, -0.1) is 5.10 Å². The Kier molecular flexibility index (Phi) is 2.98. The van der Waals surface area contributed by atoms with Crippen molar-refractivity contribution in [1.29, 1.82) is 0 Å². The fourth-order valence-corrected chi connectivity index (χ4v) is 3.39. The fourth-order valence-electron chi connectivity index (χ4n) is 1.99. The lowest BCUT2D eigenvalue weighted by Crippen LogP contribution is -2.40. The zero-order valence-corrected chi connectivity index (χ0v) is 10.2. The number of hydrogen-bond acceptors (Lipinski definition) is 5. The van der Waals surface area contributed by atoms with E-state index >= 15 is 0 Å². The summed E-state index contributed by atoms with van der Waals surface area (Å²) in [4.78, 5) is 0. The third kappa shape index (κ3) is 2.10. The molecule has 16 heavy (non-hydrogen) atoms. The first-order valence-electron chi connectivity index (χ1n) is 5.26. The molecule has 2 rings (SSSR count). The Hall–Kier alpha value is -0.950. The summed E-state index contributed by atoms with van der Waals surface area (Å²) in [5, 5.41) is 10.6. The molecule has 1 N–H and O–H groups in total. The summed E-state index contributed by atoms with van der Waals surface area (Å²) in [5.41, 5.74) is 0.835. The van der Waals surface area contributed by atoms with Gasteiger partial charge in [0.25, 0.3) is 0 Å². The van der Waals surface area contributed by atoms with E-state index in [9.17, 15) is 8.42 Å². The summed E-state index contributed by atoms with van der Waals surface area (Å²) in [5.74, 6) is 0. The lowest BCUT2D eigenvalue weighted by Gasteiger charge is -2.34. The second-order valence-electron chi connectivity index (χ2n) is 4.23. The molecule has 0 spiro atoms. The molecule has 2 unspecified atom stereocenters. The van der Waals surface area contributed by atoms with Crippen molar-refractivity contribution < 1.29 is 8.42 Å². The summed E-state index contributed by atoms with van der Waals surface area (Å²) in [6.07, 6.45) is 4.69. The minimum atomic E-state index is -2.97. The van der Waals surface area contributed by atoms with Gasteiger partial charge in [0.05, 0.1) is 23.2 Å². The van der Waals surface area contributed by atoms with Crippen molar-refractivity contribution in [3.05, 3.63) is 11.9 Å². The number of sulfone groups is 1. The zero-order valence-electron chi connectivity index (χ0n) is 9.42. The van der Waals surface area contributed by atoms with Crippen LogP contribution in [0.15, 0.2) is 6.20 Å². The van der Waals surface area contributed by atoms with Gasteiger partial charge in [0.15, 0.2) is 9.84 Å². The molecule has 0 saturated heterocycles. The first-order valence-corrected chi connectivity index (χ1v) is 7.22. The predicted octanol–water partition coefficient (Wildman–Crippen LogP) is -0.254. The van der Waals surface area contributed by atoms with Gasteiger partial charge in [-0.3, -0.25) is 0 Å². The third-order valence-electron chi connectivity index (χ3n) is 2.98. The largest absolute Gasteiger partial charge is 0.314 e.